The molecule has 1 amide bonds. The van der Waals surface area contributed by atoms with Gasteiger partial charge in [-0.15, -0.1) is 0 Å². The number of aryl methyl sites for hydroxylation is 1. The highest BCUT2D eigenvalue weighted by atomic mass is 16.3. The number of nitrogens with one attached hydrogen (secondary N) is 3. The number of guanidine groups is 1. The summed E-state index contributed by atoms with van der Waals surface area (Å²) in [6, 6.07) is 11.6. The minimum Gasteiger partial charge on any atom is -0.464 e. The second-order valence-corrected chi connectivity index (χ2v) is 6.10. The Kier molecular flexibility index (Phi) is 7.26. The number of hydrogen-bond acceptors (Lipinski definition) is 3. The standard InChI is InChI=1S/C20H28N4O2/c1-5-22-20(24-15(3)18-10-9-14(2)26-18)23-12-11-16-7-6-8-17(13-16)19(25)21-4/h6-10,13,15H,5,11-12H2,1-4H3,(H,21,25)(H2,22,23,24). The Morgan fingerprint density at radius 3 is 2.73 bits per heavy atom. The molecule has 0 bridgehead atoms. The molecule has 2 rings (SSSR count). The summed E-state index contributed by atoms with van der Waals surface area (Å²) in [5.74, 6) is 2.45. The lowest BCUT2D eigenvalue weighted by molar-refractivity contribution is 0.0963. The average Bonchev–Trinajstić information content (AvgIpc) is 3.08. The summed E-state index contributed by atoms with van der Waals surface area (Å²) in [6.45, 7) is 7.41. The number of furan rings is 1. The molecule has 0 saturated heterocycles. The van der Waals surface area contributed by atoms with E-state index in [1.54, 1.807) is 7.05 Å². The van der Waals surface area contributed by atoms with Crippen molar-refractivity contribution in [2.45, 2.75) is 33.2 Å². The molecule has 0 radical (unpaired) electrons. The highest BCUT2D eigenvalue weighted by Crippen LogP contribution is 2.15. The molecule has 0 spiro atoms. The van der Waals surface area contributed by atoms with Crippen LogP contribution < -0.4 is 16.0 Å². The van der Waals surface area contributed by atoms with Crippen molar-refractivity contribution in [1.29, 1.82) is 0 Å². The van der Waals surface area contributed by atoms with Crippen molar-refractivity contribution < 1.29 is 9.21 Å². The lowest BCUT2D eigenvalue weighted by atomic mass is 10.1. The van der Waals surface area contributed by atoms with Crippen molar-refractivity contribution in [3.63, 3.8) is 0 Å². The van der Waals surface area contributed by atoms with E-state index in [4.69, 9.17) is 4.42 Å². The number of rotatable bonds is 7. The fraction of sp³-hybridized carbons (Fsp3) is 0.400. The van der Waals surface area contributed by atoms with Gasteiger partial charge in [-0.3, -0.25) is 9.79 Å². The van der Waals surface area contributed by atoms with Crippen LogP contribution >= 0.6 is 0 Å². The Hall–Kier alpha value is -2.76. The van der Waals surface area contributed by atoms with Gasteiger partial charge in [0.15, 0.2) is 5.96 Å². The molecule has 1 heterocycles. The zero-order valence-corrected chi connectivity index (χ0v) is 15.9. The molecule has 26 heavy (non-hydrogen) atoms. The van der Waals surface area contributed by atoms with Gasteiger partial charge in [-0.2, -0.15) is 0 Å². The predicted octanol–water partition coefficient (Wildman–Crippen LogP) is 2.81. The Bertz CT molecular complexity index is 752. The molecular weight excluding hydrogens is 328 g/mol. The van der Waals surface area contributed by atoms with Crippen LogP contribution in [-0.4, -0.2) is 32.0 Å². The van der Waals surface area contributed by atoms with E-state index in [9.17, 15) is 4.79 Å². The lowest BCUT2D eigenvalue weighted by Crippen LogP contribution is -2.38. The van der Waals surface area contributed by atoms with Gasteiger partial charge in [0.05, 0.1) is 6.04 Å². The van der Waals surface area contributed by atoms with E-state index < -0.39 is 0 Å². The SMILES string of the molecule is CCNC(=NCCc1cccc(C(=O)NC)c1)NC(C)c1ccc(C)o1. The number of benzene rings is 1. The highest BCUT2D eigenvalue weighted by molar-refractivity contribution is 5.94. The van der Waals surface area contributed by atoms with Gasteiger partial charge in [0.25, 0.3) is 5.91 Å². The number of nitrogens with zero attached hydrogens (tertiary/aromatic N) is 1. The van der Waals surface area contributed by atoms with E-state index >= 15 is 0 Å². The average molecular weight is 356 g/mol. The monoisotopic (exact) mass is 356 g/mol. The van der Waals surface area contributed by atoms with Crippen LogP contribution in [0.2, 0.25) is 0 Å². The molecule has 0 aliphatic carbocycles. The molecule has 140 valence electrons. The quantitative estimate of drug-likeness (QED) is 0.526. The second kappa shape index (κ2) is 9.65. The van der Waals surface area contributed by atoms with Gasteiger partial charge in [0, 0.05) is 25.7 Å². The zero-order chi connectivity index (χ0) is 18.9. The van der Waals surface area contributed by atoms with Gasteiger partial charge in [-0.05, 0) is 57.0 Å². The predicted molar refractivity (Wildman–Crippen MR) is 105 cm³/mol. The smallest absolute Gasteiger partial charge is 0.251 e. The van der Waals surface area contributed by atoms with Crippen LogP contribution in [0, 0.1) is 6.92 Å². The molecular formula is C20H28N4O2. The third-order valence-electron chi connectivity index (χ3n) is 3.97. The van der Waals surface area contributed by atoms with Crippen LogP contribution in [0.4, 0.5) is 0 Å². The minimum atomic E-state index is -0.0760. The molecule has 1 atom stereocenters. The molecule has 3 N–H and O–H groups in total. The number of carbonyl (C=O) groups is 1. The van der Waals surface area contributed by atoms with Crippen molar-refractivity contribution >= 4 is 11.9 Å². The van der Waals surface area contributed by atoms with Crippen LogP contribution in [0.25, 0.3) is 0 Å². The van der Waals surface area contributed by atoms with Gasteiger partial charge in [0.1, 0.15) is 11.5 Å². The number of amides is 1. The summed E-state index contributed by atoms with van der Waals surface area (Å²) in [7, 11) is 1.63. The first kappa shape index (κ1) is 19.6. The van der Waals surface area contributed by atoms with E-state index in [1.165, 1.54) is 0 Å². The number of carbonyl (C=O) groups excluding carboxylic acids is 1. The fourth-order valence-electron chi connectivity index (χ4n) is 2.59. The van der Waals surface area contributed by atoms with Gasteiger partial charge >= 0.3 is 0 Å². The van der Waals surface area contributed by atoms with E-state index in [0.29, 0.717) is 12.1 Å². The molecule has 0 fully saturated rings. The summed E-state index contributed by atoms with van der Waals surface area (Å²) in [5, 5.41) is 9.24. The third-order valence-corrected chi connectivity index (χ3v) is 3.97. The Morgan fingerprint density at radius 1 is 1.27 bits per heavy atom. The first-order chi connectivity index (χ1) is 12.5. The van der Waals surface area contributed by atoms with Crippen LogP contribution in [-0.2, 0) is 6.42 Å². The van der Waals surface area contributed by atoms with Gasteiger partial charge in [0.2, 0.25) is 0 Å². The molecule has 0 saturated carbocycles. The summed E-state index contributed by atoms with van der Waals surface area (Å²) in [6.07, 6.45) is 0.760. The fourth-order valence-corrected chi connectivity index (χ4v) is 2.59. The molecule has 6 nitrogen and oxygen atoms in total. The van der Waals surface area contributed by atoms with Gasteiger partial charge < -0.3 is 20.4 Å². The topological polar surface area (TPSA) is 78.7 Å². The Balaban J connectivity index is 1.97. The number of hydrogen-bond donors (Lipinski definition) is 3. The van der Waals surface area contributed by atoms with Crippen LogP contribution in [0.3, 0.4) is 0 Å². The minimum absolute atomic E-state index is 0.0260. The van der Waals surface area contributed by atoms with Crippen molar-refractivity contribution in [3.8, 4) is 0 Å². The summed E-state index contributed by atoms with van der Waals surface area (Å²) in [5.41, 5.74) is 1.75. The van der Waals surface area contributed by atoms with Gasteiger partial charge in [-0.1, -0.05) is 12.1 Å². The van der Waals surface area contributed by atoms with Crippen LogP contribution in [0.1, 0.15) is 47.3 Å². The van der Waals surface area contributed by atoms with E-state index in [0.717, 1.165) is 36.0 Å². The van der Waals surface area contributed by atoms with Crippen molar-refractivity contribution in [1.82, 2.24) is 16.0 Å². The largest absolute Gasteiger partial charge is 0.464 e. The highest BCUT2D eigenvalue weighted by Gasteiger charge is 2.11. The van der Waals surface area contributed by atoms with Crippen molar-refractivity contribution in [2.24, 2.45) is 4.99 Å². The van der Waals surface area contributed by atoms with Crippen molar-refractivity contribution in [2.75, 3.05) is 20.1 Å². The van der Waals surface area contributed by atoms with E-state index in [-0.39, 0.29) is 11.9 Å². The molecule has 2 aromatic rings. The van der Waals surface area contributed by atoms with Crippen LogP contribution in [0.5, 0.6) is 0 Å². The maximum Gasteiger partial charge on any atom is 0.251 e. The second-order valence-electron chi connectivity index (χ2n) is 6.10. The lowest BCUT2D eigenvalue weighted by Gasteiger charge is -2.16. The first-order valence-corrected chi connectivity index (χ1v) is 8.95. The maximum absolute atomic E-state index is 11.7. The molecule has 0 aliphatic heterocycles. The van der Waals surface area contributed by atoms with E-state index in [1.807, 2.05) is 57.2 Å². The molecule has 1 aromatic heterocycles. The van der Waals surface area contributed by atoms with Crippen molar-refractivity contribution in [3.05, 3.63) is 59.0 Å². The Morgan fingerprint density at radius 2 is 2.08 bits per heavy atom. The van der Waals surface area contributed by atoms with Crippen LogP contribution in [0.15, 0.2) is 45.8 Å². The maximum atomic E-state index is 11.7. The molecule has 1 unspecified atom stereocenters. The summed E-state index contributed by atoms with van der Waals surface area (Å²) >= 11 is 0. The molecule has 0 aliphatic rings. The van der Waals surface area contributed by atoms with Gasteiger partial charge in [-0.25, -0.2) is 0 Å². The summed E-state index contributed by atoms with van der Waals surface area (Å²) in [4.78, 5) is 16.4. The first-order valence-electron chi connectivity index (χ1n) is 8.95. The summed E-state index contributed by atoms with van der Waals surface area (Å²) < 4.78 is 5.66. The normalized spacial score (nSPS) is 12.5. The third kappa shape index (κ3) is 5.65. The zero-order valence-electron chi connectivity index (χ0n) is 15.9. The molecule has 6 heteroatoms. The number of aliphatic imine (C=N–C) groups is 1. The van der Waals surface area contributed by atoms with E-state index in [2.05, 4.69) is 20.9 Å². The Labute approximate surface area is 155 Å². The molecule has 1 aromatic carbocycles.